The van der Waals surface area contributed by atoms with Crippen LogP contribution in [0.25, 0.3) is 10.8 Å². The molecule has 0 saturated carbocycles. The minimum Gasteiger partial charge on any atom is -0.484 e. The van der Waals surface area contributed by atoms with Gasteiger partial charge in [0.05, 0.1) is 0 Å². The summed E-state index contributed by atoms with van der Waals surface area (Å²) in [6.45, 7) is 0.703. The Bertz CT molecular complexity index is 1360. The highest BCUT2D eigenvalue weighted by Crippen LogP contribution is 2.25. The molecule has 6 heteroatoms. The highest BCUT2D eigenvalue weighted by Gasteiger charge is 2.28. The van der Waals surface area contributed by atoms with Crippen LogP contribution in [-0.4, -0.2) is 17.8 Å². The molecule has 0 fully saturated rings. The minimum absolute atomic E-state index is 0.159. The second-order valence-electron chi connectivity index (χ2n) is 9.41. The number of alkyl halides is 3. The molecule has 0 N–H and O–H groups in total. The van der Waals surface area contributed by atoms with Crippen molar-refractivity contribution in [3.05, 3.63) is 119 Å². The first-order chi connectivity index (χ1) is 18.3. The van der Waals surface area contributed by atoms with E-state index in [1.54, 1.807) is 12.1 Å². The van der Waals surface area contributed by atoms with Crippen LogP contribution < -0.4 is 4.74 Å². The Morgan fingerprint density at radius 2 is 1.53 bits per heavy atom. The number of aromatic nitrogens is 1. The third kappa shape index (κ3) is 7.91. The molecule has 4 rings (SSSR count). The fourth-order valence-electron chi connectivity index (χ4n) is 4.37. The average molecular weight is 522 g/mol. The van der Waals surface area contributed by atoms with E-state index >= 15 is 4.39 Å². The van der Waals surface area contributed by atoms with Crippen LogP contribution in [0.3, 0.4) is 0 Å². The molecule has 0 aliphatic rings. The molecule has 0 aliphatic heterocycles. The highest BCUT2D eigenvalue weighted by atomic mass is 19.4. The van der Waals surface area contributed by atoms with E-state index in [9.17, 15) is 13.2 Å². The van der Waals surface area contributed by atoms with Crippen molar-refractivity contribution in [2.45, 2.75) is 51.6 Å². The van der Waals surface area contributed by atoms with Crippen LogP contribution in [0.2, 0.25) is 0 Å². The number of hydrogen-bond donors (Lipinski definition) is 0. The topological polar surface area (TPSA) is 22.1 Å². The number of aryl methyl sites for hydroxylation is 5. The predicted molar refractivity (Wildman–Crippen MR) is 144 cm³/mol. The van der Waals surface area contributed by atoms with E-state index in [2.05, 4.69) is 29.3 Å². The van der Waals surface area contributed by atoms with E-state index in [1.807, 2.05) is 43.5 Å². The molecule has 198 valence electrons. The summed E-state index contributed by atoms with van der Waals surface area (Å²) in [4.78, 5) is 4.59. The van der Waals surface area contributed by atoms with Gasteiger partial charge in [-0.15, -0.1) is 0 Å². The number of benzene rings is 3. The van der Waals surface area contributed by atoms with Gasteiger partial charge in [0, 0.05) is 17.3 Å². The zero-order valence-electron chi connectivity index (χ0n) is 21.4. The number of halogens is 4. The minimum atomic E-state index is -4.37. The van der Waals surface area contributed by atoms with Crippen LogP contribution in [0.1, 0.15) is 41.3 Å². The Morgan fingerprint density at radius 1 is 0.789 bits per heavy atom. The molecule has 3 aromatic carbocycles. The van der Waals surface area contributed by atoms with Gasteiger partial charge in [0.15, 0.2) is 6.61 Å². The standard InChI is InChI=1S/C32H31F4NO/c1-2-3-4-5-25-8-16-28(37-21-25)15-7-24-11-19-30-27(20-24)14-13-26(31(30)33)12-6-23-9-17-29(18-10-23)38-22-32(34,35)36/h2-3,8-11,13-14,16-21H,4-7,12,15,22H2,1H3/b3-2+. The molecule has 2 nitrogen and oxygen atoms in total. The number of fused-ring (bicyclic) bond motifs is 1. The number of ether oxygens (including phenoxy) is 1. The first kappa shape index (κ1) is 27.4. The maximum Gasteiger partial charge on any atom is 0.422 e. The van der Waals surface area contributed by atoms with Gasteiger partial charge in [0.2, 0.25) is 0 Å². The molecular weight excluding hydrogens is 490 g/mol. The lowest BCUT2D eigenvalue weighted by Crippen LogP contribution is -2.19. The number of hydrogen-bond acceptors (Lipinski definition) is 2. The van der Waals surface area contributed by atoms with Crippen molar-refractivity contribution in [3.63, 3.8) is 0 Å². The molecule has 1 heterocycles. The van der Waals surface area contributed by atoms with Crippen molar-refractivity contribution >= 4 is 10.8 Å². The van der Waals surface area contributed by atoms with Crippen LogP contribution >= 0.6 is 0 Å². The van der Waals surface area contributed by atoms with Gasteiger partial charge in [-0.3, -0.25) is 4.98 Å². The molecule has 0 unspecified atom stereocenters. The SMILES string of the molecule is C/C=C/CCc1ccc(CCc2ccc3c(F)c(CCc4ccc(OCC(F)(F)F)cc4)ccc3c2)nc1. The predicted octanol–water partition coefficient (Wildman–Crippen LogP) is 8.39. The van der Waals surface area contributed by atoms with Crippen molar-refractivity contribution < 1.29 is 22.3 Å². The van der Waals surface area contributed by atoms with Gasteiger partial charge in [-0.1, -0.05) is 60.7 Å². The van der Waals surface area contributed by atoms with Crippen molar-refractivity contribution in [1.82, 2.24) is 4.98 Å². The number of rotatable bonds is 11. The van der Waals surface area contributed by atoms with Crippen LogP contribution in [0.5, 0.6) is 5.75 Å². The summed E-state index contributed by atoms with van der Waals surface area (Å²) in [7, 11) is 0. The average Bonchev–Trinajstić information content (AvgIpc) is 2.91. The lowest BCUT2D eigenvalue weighted by atomic mass is 9.98. The Labute approximate surface area is 221 Å². The molecule has 0 atom stereocenters. The van der Waals surface area contributed by atoms with Gasteiger partial charge >= 0.3 is 6.18 Å². The molecule has 1 aromatic heterocycles. The lowest BCUT2D eigenvalue weighted by Gasteiger charge is -2.11. The molecule has 38 heavy (non-hydrogen) atoms. The normalized spacial score (nSPS) is 11.9. The first-order valence-corrected chi connectivity index (χ1v) is 12.8. The summed E-state index contributed by atoms with van der Waals surface area (Å²) in [6.07, 6.45) is 6.50. The largest absolute Gasteiger partial charge is 0.484 e. The van der Waals surface area contributed by atoms with Crippen molar-refractivity contribution in [3.8, 4) is 5.75 Å². The van der Waals surface area contributed by atoms with E-state index in [4.69, 9.17) is 4.74 Å². The van der Waals surface area contributed by atoms with Crippen molar-refractivity contribution in [1.29, 1.82) is 0 Å². The van der Waals surface area contributed by atoms with Gasteiger partial charge in [-0.05, 0) is 91.3 Å². The van der Waals surface area contributed by atoms with E-state index < -0.39 is 12.8 Å². The van der Waals surface area contributed by atoms with Gasteiger partial charge in [0.25, 0.3) is 0 Å². The van der Waals surface area contributed by atoms with Crippen LogP contribution in [0, 0.1) is 5.82 Å². The molecule has 0 bridgehead atoms. The number of pyridine rings is 1. The lowest BCUT2D eigenvalue weighted by molar-refractivity contribution is -0.153. The van der Waals surface area contributed by atoms with Gasteiger partial charge < -0.3 is 4.74 Å². The van der Waals surface area contributed by atoms with Gasteiger partial charge in [0.1, 0.15) is 11.6 Å². The maximum atomic E-state index is 15.2. The van der Waals surface area contributed by atoms with Crippen molar-refractivity contribution in [2.24, 2.45) is 0 Å². The monoisotopic (exact) mass is 521 g/mol. The third-order valence-electron chi connectivity index (χ3n) is 6.50. The van der Waals surface area contributed by atoms with E-state index in [-0.39, 0.29) is 11.6 Å². The quantitative estimate of drug-likeness (QED) is 0.146. The Kier molecular flexibility index (Phi) is 9.16. The summed E-state index contributed by atoms with van der Waals surface area (Å²) >= 11 is 0. The van der Waals surface area contributed by atoms with E-state index in [1.165, 1.54) is 17.7 Å². The zero-order chi connectivity index (χ0) is 27.0. The Balaban J connectivity index is 1.33. The Morgan fingerprint density at radius 3 is 2.24 bits per heavy atom. The Hall–Kier alpha value is -3.67. The first-order valence-electron chi connectivity index (χ1n) is 12.8. The summed E-state index contributed by atoms with van der Waals surface area (Å²) < 4.78 is 56.9. The van der Waals surface area contributed by atoms with Gasteiger partial charge in [-0.25, -0.2) is 4.39 Å². The highest BCUT2D eigenvalue weighted by molar-refractivity contribution is 5.84. The summed E-state index contributed by atoms with van der Waals surface area (Å²) in [5.41, 5.74) is 4.92. The zero-order valence-corrected chi connectivity index (χ0v) is 21.4. The maximum absolute atomic E-state index is 15.2. The molecular formula is C32H31F4NO. The van der Waals surface area contributed by atoms with Crippen molar-refractivity contribution in [2.75, 3.05) is 6.61 Å². The molecule has 0 radical (unpaired) electrons. The summed E-state index contributed by atoms with van der Waals surface area (Å²) in [5, 5.41) is 1.45. The van der Waals surface area contributed by atoms with Crippen LogP contribution in [0.15, 0.2) is 85.1 Å². The molecule has 0 saturated heterocycles. The summed E-state index contributed by atoms with van der Waals surface area (Å²) in [6, 6.07) is 20.3. The molecule has 0 amide bonds. The molecule has 0 aliphatic carbocycles. The summed E-state index contributed by atoms with van der Waals surface area (Å²) in [5.74, 6) is -0.0685. The molecule has 0 spiro atoms. The molecule has 4 aromatic rings. The number of nitrogens with zero attached hydrogens (tertiary/aromatic N) is 1. The van der Waals surface area contributed by atoms with E-state index in [0.717, 1.165) is 47.9 Å². The van der Waals surface area contributed by atoms with E-state index in [0.29, 0.717) is 23.8 Å². The third-order valence-corrected chi connectivity index (χ3v) is 6.50. The second kappa shape index (κ2) is 12.7. The smallest absolute Gasteiger partial charge is 0.422 e. The second-order valence-corrected chi connectivity index (χ2v) is 9.41. The fraction of sp³-hybridized carbons (Fsp3) is 0.281. The number of allylic oxidation sites excluding steroid dienone is 2. The van der Waals surface area contributed by atoms with Crippen LogP contribution in [0.4, 0.5) is 17.6 Å². The van der Waals surface area contributed by atoms with Gasteiger partial charge in [-0.2, -0.15) is 13.2 Å². The van der Waals surface area contributed by atoms with Crippen LogP contribution in [-0.2, 0) is 32.1 Å². The fourth-order valence-corrected chi connectivity index (χ4v) is 4.37.